The molecule has 0 fully saturated rings. The van der Waals surface area contributed by atoms with Crippen LogP contribution in [0.15, 0.2) is 78.9 Å². The van der Waals surface area contributed by atoms with Gasteiger partial charge >= 0.3 is 70.7 Å². The van der Waals surface area contributed by atoms with Crippen LogP contribution in [0.2, 0.25) is 0 Å². The highest BCUT2D eigenvalue weighted by Crippen LogP contribution is 2.41. The second-order valence-electron chi connectivity index (χ2n) is 12.6. The van der Waals surface area contributed by atoms with Gasteiger partial charge in [0.1, 0.15) is 23.5 Å². The van der Waals surface area contributed by atoms with E-state index in [1.807, 2.05) is 0 Å². The third-order valence-electron chi connectivity index (χ3n) is 7.51. The van der Waals surface area contributed by atoms with Crippen LogP contribution in [0.4, 0.5) is 70.2 Å². The summed E-state index contributed by atoms with van der Waals surface area (Å²) in [6, 6.07) is 10.9. The van der Waals surface area contributed by atoms with Crippen molar-refractivity contribution in [3.63, 3.8) is 0 Å². The quantitative estimate of drug-likeness (QED) is 0.0275. The first-order chi connectivity index (χ1) is 30.4. The van der Waals surface area contributed by atoms with Gasteiger partial charge in [-0.1, -0.05) is 61.2 Å². The molecular formula is C34H26F16O16S2-2. The maximum atomic E-state index is 13.8. The normalized spacial score (nSPS) is 14.8. The maximum absolute atomic E-state index is 13.8. The lowest BCUT2D eigenvalue weighted by Gasteiger charge is -2.33. The Morgan fingerprint density at radius 2 is 0.912 bits per heavy atom. The van der Waals surface area contributed by atoms with E-state index >= 15 is 0 Å². The topological polar surface area (TPSA) is 238 Å². The van der Waals surface area contributed by atoms with Gasteiger partial charge < -0.3 is 37.5 Å². The number of esters is 4. The summed E-state index contributed by atoms with van der Waals surface area (Å²) < 4.78 is 298. The molecule has 0 heterocycles. The monoisotopic (exact) mass is 1060 g/mol. The van der Waals surface area contributed by atoms with E-state index in [2.05, 4.69) is 41.6 Å². The molecule has 16 nitrogen and oxygen atoms in total. The van der Waals surface area contributed by atoms with Crippen LogP contribution in [0.5, 0.6) is 5.75 Å². The molecule has 0 N–H and O–H groups in total. The lowest BCUT2D eigenvalue weighted by atomic mass is 10.2. The smallest absolute Gasteiger partial charge is 0.468 e. The molecule has 2 unspecified atom stereocenters. The first-order valence-electron chi connectivity index (χ1n) is 17.0. The van der Waals surface area contributed by atoms with Crippen LogP contribution in [0.1, 0.15) is 24.0 Å². The van der Waals surface area contributed by atoms with Crippen LogP contribution in [0, 0.1) is 6.92 Å². The molecule has 0 aliphatic rings. The predicted octanol–water partition coefficient (Wildman–Crippen LogP) is 6.56. The lowest BCUT2D eigenvalue weighted by Crippen LogP contribution is -2.59. The molecule has 0 aliphatic heterocycles. The van der Waals surface area contributed by atoms with Gasteiger partial charge in [0.25, 0.3) is 0 Å². The van der Waals surface area contributed by atoms with E-state index < -0.39 is 140 Å². The molecule has 2 atom stereocenters. The largest absolute Gasteiger partial charge is 0.743 e. The Labute approximate surface area is 369 Å². The van der Waals surface area contributed by atoms with E-state index in [1.165, 1.54) is 49.4 Å². The highest BCUT2D eigenvalue weighted by molar-refractivity contribution is 7.87. The molecule has 68 heavy (non-hydrogen) atoms. The third-order valence-corrected chi connectivity index (χ3v) is 9.38. The lowest BCUT2D eigenvalue weighted by molar-refractivity contribution is -0.356. The van der Waals surface area contributed by atoms with Crippen LogP contribution in [-0.2, 0) is 69.7 Å². The average Bonchev–Trinajstić information content (AvgIpc) is 3.17. The summed E-state index contributed by atoms with van der Waals surface area (Å²) in [5, 5.41) is -10.4. The number of hydrogen-bond donors (Lipinski definition) is 0. The molecule has 0 aliphatic carbocycles. The standard InChI is InChI=1S/2C17H14F8O8S/c1-9-3-5-11(6-4-9)32-13(27)15(17(23,24)25,33-12(26)10(2)16(20,21)22)31-8-7-14(18,19)34(28,29)30;1-10(16(20,21)22)12(26)33-15(17(23,24)25,32-8-7-14(18,19)34(28,29)30)13(27)31-9-11-5-3-2-4-6-11/h3-6H,2,7-8H2,1H3,(H,28,29,30);2-6H,1,7-9H2,(H,28,29,30)/p-2. The van der Waals surface area contributed by atoms with E-state index in [0.29, 0.717) is 5.56 Å². The highest BCUT2D eigenvalue weighted by atomic mass is 32.2. The van der Waals surface area contributed by atoms with E-state index in [-0.39, 0.29) is 5.56 Å². The van der Waals surface area contributed by atoms with Crippen molar-refractivity contribution in [3.8, 4) is 5.75 Å². The molecule has 0 saturated heterocycles. The van der Waals surface area contributed by atoms with Crippen molar-refractivity contribution in [1.29, 1.82) is 0 Å². The van der Waals surface area contributed by atoms with Gasteiger partial charge in [-0.25, -0.2) is 36.0 Å². The summed E-state index contributed by atoms with van der Waals surface area (Å²) in [4.78, 5) is 47.8. The zero-order valence-electron chi connectivity index (χ0n) is 33.0. The number of benzene rings is 2. The molecule has 34 heteroatoms. The molecule has 0 amide bonds. The van der Waals surface area contributed by atoms with Crippen LogP contribution in [0.25, 0.3) is 0 Å². The number of rotatable bonds is 19. The Bertz CT molecular complexity index is 2370. The first-order valence-corrected chi connectivity index (χ1v) is 19.8. The molecule has 384 valence electrons. The van der Waals surface area contributed by atoms with Gasteiger partial charge in [-0.2, -0.15) is 70.2 Å². The maximum Gasteiger partial charge on any atom is 0.468 e. The van der Waals surface area contributed by atoms with E-state index in [4.69, 9.17) is 0 Å². The molecule has 0 aromatic heterocycles. The highest BCUT2D eigenvalue weighted by Gasteiger charge is 2.70. The van der Waals surface area contributed by atoms with Gasteiger partial charge in [-0.05, 0) is 24.6 Å². The van der Waals surface area contributed by atoms with Crippen LogP contribution in [0.3, 0.4) is 0 Å². The van der Waals surface area contributed by atoms with E-state index in [0.717, 1.165) is 12.1 Å². The second kappa shape index (κ2) is 21.8. The molecule has 0 saturated carbocycles. The number of aryl methyl sites for hydroxylation is 1. The zero-order valence-corrected chi connectivity index (χ0v) is 34.7. The predicted molar refractivity (Wildman–Crippen MR) is 184 cm³/mol. The summed E-state index contributed by atoms with van der Waals surface area (Å²) in [6.45, 7) is 0.679. The van der Waals surface area contributed by atoms with Crippen LogP contribution in [-0.4, -0.2) is 110 Å². The third kappa shape index (κ3) is 16.0. The van der Waals surface area contributed by atoms with Gasteiger partial charge in [0.15, 0.2) is 20.2 Å². The minimum atomic E-state index is -6.42. The van der Waals surface area contributed by atoms with Gasteiger partial charge in [-0.15, -0.1) is 0 Å². The fourth-order valence-corrected chi connectivity index (χ4v) is 4.53. The Hall–Kier alpha value is -5.58. The fourth-order valence-electron chi connectivity index (χ4n) is 3.86. The summed E-state index contributed by atoms with van der Waals surface area (Å²) in [7, 11) is -12.8. The minimum Gasteiger partial charge on any atom is -0.743 e. The Kier molecular flexibility index (Phi) is 19.4. The summed E-state index contributed by atoms with van der Waals surface area (Å²) >= 11 is 0. The average molecular weight is 1060 g/mol. The first kappa shape index (κ1) is 60.4. The second-order valence-corrected chi connectivity index (χ2v) is 15.6. The molecule has 2 rings (SSSR count). The number of alkyl halides is 16. The number of carbonyl (C=O) groups excluding carboxylic acids is 4. The molecule has 0 spiro atoms. The molecule has 2 aromatic carbocycles. The van der Waals surface area contributed by atoms with Crippen LogP contribution < -0.4 is 4.74 Å². The number of hydrogen-bond acceptors (Lipinski definition) is 16. The number of carbonyl (C=O) groups is 4. The summed E-state index contributed by atoms with van der Waals surface area (Å²) in [5.41, 5.74) is -4.51. The van der Waals surface area contributed by atoms with Crippen LogP contribution >= 0.6 is 0 Å². The number of halogens is 16. The molecule has 0 radical (unpaired) electrons. The molecular weight excluding hydrogens is 1030 g/mol. The SMILES string of the molecule is C=C(C(=O)OC(OCCC(F)(F)S(=O)(=O)[O-])(C(=O)OCc1ccccc1)C(F)(F)F)C(F)(F)F.C=C(C(=O)OC(OCCC(F)(F)S(=O)(=O)[O-])(C(=O)Oc1ccc(C)cc1)C(F)(F)F)C(F)(F)F. The van der Waals surface area contributed by atoms with Crippen molar-refractivity contribution in [2.75, 3.05) is 13.2 Å². The van der Waals surface area contributed by atoms with Crippen molar-refractivity contribution < 1.29 is 144 Å². The van der Waals surface area contributed by atoms with Crippen molar-refractivity contribution in [1.82, 2.24) is 0 Å². The van der Waals surface area contributed by atoms with Crippen molar-refractivity contribution in [2.24, 2.45) is 0 Å². The van der Waals surface area contributed by atoms with Crippen molar-refractivity contribution >= 4 is 44.1 Å². The zero-order chi connectivity index (χ0) is 53.3. The molecule has 0 bridgehead atoms. The van der Waals surface area contributed by atoms with Crippen molar-refractivity contribution in [2.45, 2.75) is 73.2 Å². The van der Waals surface area contributed by atoms with E-state index in [1.54, 1.807) is 0 Å². The van der Waals surface area contributed by atoms with Gasteiger partial charge in [0, 0.05) is 12.8 Å². The van der Waals surface area contributed by atoms with Gasteiger partial charge in [-0.3, -0.25) is 0 Å². The Morgan fingerprint density at radius 1 is 0.559 bits per heavy atom. The number of ether oxygens (including phenoxy) is 6. The van der Waals surface area contributed by atoms with E-state index in [9.17, 15) is 115 Å². The summed E-state index contributed by atoms with van der Waals surface area (Å²) in [6.07, 6.45) is -28.4. The Balaban J connectivity index is 0.000000680. The summed E-state index contributed by atoms with van der Waals surface area (Å²) in [5.74, 6) is -22.0. The molecule has 2 aromatic rings. The fraction of sp³-hybridized carbons (Fsp3) is 0.412. The minimum absolute atomic E-state index is 0.0435. The van der Waals surface area contributed by atoms with Gasteiger partial charge in [0.2, 0.25) is 0 Å². The van der Waals surface area contributed by atoms with Crippen molar-refractivity contribution in [3.05, 3.63) is 90.0 Å². The Morgan fingerprint density at radius 3 is 1.24 bits per heavy atom. The van der Waals surface area contributed by atoms with Gasteiger partial charge in [0.05, 0.1) is 13.2 Å².